The van der Waals surface area contributed by atoms with Crippen LogP contribution < -0.4 is 0 Å². The molecule has 0 aliphatic heterocycles. The van der Waals surface area contributed by atoms with Crippen LogP contribution in [0.5, 0.6) is 0 Å². The lowest BCUT2D eigenvalue weighted by Gasteiger charge is -2.06. The molecule has 0 N–H and O–H groups in total. The van der Waals surface area contributed by atoms with E-state index in [-0.39, 0.29) is 17.5 Å². The van der Waals surface area contributed by atoms with Gasteiger partial charge >= 0.3 is 5.51 Å². The first-order valence-corrected chi connectivity index (χ1v) is 5.29. The first kappa shape index (κ1) is 11.7. The maximum Gasteiger partial charge on any atom is 0.441 e. The smallest absolute Gasteiger partial charge is 0.160 e. The predicted octanol–water partition coefficient (Wildman–Crippen LogP) is 4.14. The fourth-order valence-electron chi connectivity index (χ4n) is 0.978. The number of hydrogen-bond donors (Lipinski definition) is 0. The van der Waals surface area contributed by atoms with Gasteiger partial charge in [-0.05, 0) is 18.1 Å². The highest BCUT2D eigenvalue weighted by molar-refractivity contribution is 8.00. The van der Waals surface area contributed by atoms with Crippen LogP contribution in [0, 0.1) is 0 Å². The Bertz CT molecular complexity index is 298. The lowest BCUT2D eigenvalue weighted by Crippen LogP contribution is -2.03. The zero-order valence-corrected chi connectivity index (χ0v) is 8.72. The van der Waals surface area contributed by atoms with E-state index in [0.717, 1.165) is 5.56 Å². The SMILES string of the molecule is FC(F)(F)SCCc1ccccc1Cl. The molecule has 0 bridgehead atoms. The third-order valence-corrected chi connectivity index (χ3v) is 2.70. The first-order chi connectivity index (χ1) is 6.49. The Morgan fingerprint density at radius 1 is 1.21 bits per heavy atom. The highest BCUT2D eigenvalue weighted by Gasteiger charge is 2.27. The maximum atomic E-state index is 11.8. The van der Waals surface area contributed by atoms with Crippen LogP contribution in [0.2, 0.25) is 5.02 Å². The second-order valence-electron chi connectivity index (χ2n) is 2.64. The molecule has 0 saturated carbocycles. The Kier molecular flexibility index (Phi) is 4.13. The van der Waals surface area contributed by atoms with Crippen molar-refractivity contribution in [3.8, 4) is 0 Å². The van der Waals surface area contributed by atoms with E-state index in [1.54, 1.807) is 24.3 Å². The molecule has 0 aliphatic carbocycles. The molecular formula is C9H8ClF3S. The summed E-state index contributed by atoms with van der Waals surface area (Å²) < 4.78 is 35.4. The summed E-state index contributed by atoms with van der Waals surface area (Å²) in [6.07, 6.45) is 0.337. The molecule has 14 heavy (non-hydrogen) atoms. The van der Waals surface area contributed by atoms with Crippen molar-refractivity contribution in [3.63, 3.8) is 0 Å². The fraction of sp³-hybridized carbons (Fsp3) is 0.333. The van der Waals surface area contributed by atoms with E-state index >= 15 is 0 Å². The van der Waals surface area contributed by atoms with Crippen molar-refractivity contribution in [2.75, 3.05) is 5.75 Å². The molecule has 0 radical (unpaired) electrons. The van der Waals surface area contributed by atoms with Crippen LogP contribution in [0.3, 0.4) is 0 Å². The van der Waals surface area contributed by atoms with Gasteiger partial charge in [-0.25, -0.2) is 0 Å². The Labute approximate surface area is 89.4 Å². The van der Waals surface area contributed by atoms with Crippen LogP contribution in [-0.2, 0) is 6.42 Å². The van der Waals surface area contributed by atoms with Gasteiger partial charge < -0.3 is 0 Å². The molecule has 1 rings (SSSR count). The summed E-state index contributed by atoms with van der Waals surface area (Å²) in [6.45, 7) is 0. The molecule has 1 aromatic rings. The third-order valence-electron chi connectivity index (χ3n) is 1.59. The summed E-state index contributed by atoms with van der Waals surface area (Å²) in [7, 11) is 0. The third kappa shape index (κ3) is 4.24. The second kappa shape index (κ2) is 4.94. The predicted molar refractivity (Wildman–Crippen MR) is 53.7 cm³/mol. The van der Waals surface area contributed by atoms with E-state index in [9.17, 15) is 13.2 Å². The standard InChI is InChI=1S/C9H8ClF3S/c10-8-4-2-1-3-7(8)5-6-14-9(11,12)13/h1-4H,5-6H2. The van der Waals surface area contributed by atoms with Gasteiger partial charge in [-0.3, -0.25) is 0 Å². The van der Waals surface area contributed by atoms with E-state index in [0.29, 0.717) is 11.4 Å². The Hall–Kier alpha value is -0.350. The molecule has 0 amide bonds. The molecule has 0 aliphatic rings. The largest absolute Gasteiger partial charge is 0.441 e. The number of hydrogen-bond acceptors (Lipinski definition) is 1. The van der Waals surface area contributed by atoms with Gasteiger partial charge in [-0.1, -0.05) is 41.6 Å². The van der Waals surface area contributed by atoms with Crippen molar-refractivity contribution in [1.29, 1.82) is 0 Å². The summed E-state index contributed by atoms with van der Waals surface area (Å²) in [6, 6.07) is 6.93. The quantitative estimate of drug-likeness (QED) is 0.765. The van der Waals surface area contributed by atoms with Crippen molar-refractivity contribution in [1.82, 2.24) is 0 Å². The van der Waals surface area contributed by atoms with E-state index in [1.807, 2.05) is 0 Å². The highest BCUT2D eigenvalue weighted by atomic mass is 35.5. The molecule has 5 heteroatoms. The average molecular weight is 241 g/mol. The lowest BCUT2D eigenvalue weighted by molar-refractivity contribution is -0.0327. The summed E-state index contributed by atoms with van der Waals surface area (Å²) >= 11 is 5.76. The van der Waals surface area contributed by atoms with Crippen LogP contribution >= 0.6 is 23.4 Å². The molecule has 0 heterocycles. The molecule has 0 unspecified atom stereocenters. The van der Waals surface area contributed by atoms with E-state index in [1.165, 1.54) is 0 Å². The molecule has 0 aromatic heterocycles. The summed E-state index contributed by atoms with van der Waals surface area (Å²) in [5, 5.41) is 0.523. The maximum absolute atomic E-state index is 11.8. The van der Waals surface area contributed by atoms with Gasteiger partial charge in [0.05, 0.1) is 0 Å². The van der Waals surface area contributed by atoms with Gasteiger partial charge in [0.25, 0.3) is 0 Å². The Balaban J connectivity index is 2.43. The number of thioether (sulfide) groups is 1. The van der Waals surface area contributed by atoms with Crippen molar-refractivity contribution in [2.45, 2.75) is 11.9 Å². The average Bonchev–Trinajstić information content (AvgIpc) is 2.06. The van der Waals surface area contributed by atoms with Crippen LogP contribution in [0.25, 0.3) is 0 Å². The minimum atomic E-state index is -4.15. The van der Waals surface area contributed by atoms with Gasteiger partial charge in [-0.15, -0.1) is 0 Å². The second-order valence-corrected chi connectivity index (χ2v) is 4.20. The molecule has 78 valence electrons. The molecular weight excluding hydrogens is 233 g/mol. The van der Waals surface area contributed by atoms with Crippen molar-refractivity contribution >= 4 is 23.4 Å². The van der Waals surface area contributed by atoms with Crippen molar-refractivity contribution in [2.24, 2.45) is 0 Å². The van der Waals surface area contributed by atoms with E-state index in [2.05, 4.69) is 0 Å². The minimum Gasteiger partial charge on any atom is -0.160 e. The normalized spacial score (nSPS) is 11.7. The number of aryl methyl sites for hydroxylation is 1. The van der Waals surface area contributed by atoms with Gasteiger partial charge in [0.1, 0.15) is 0 Å². The molecule has 0 fully saturated rings. The molecule has 0 spiro atoms. The topological polar surface area (TPSA) is 0 Å². The van der Waals surface area contributed by atoms with Gasteiger partial charge in [0, 0.05) is 10.8 Å². The van der Waals surface area contributed by atoms with Crippen LogP contribution in [0.15, 0.2) is 24.3 Å². The minimum absolute atomic E-state index is 0.00718. The lowest BCUT2D eigenvalue weighted by atomic mass is 10.2. The number of halogens is 4. The Morgan fingerprint density at radius 3 is 2.43 bits per heavy atom. The number of rotatable bonds is 3. The summed E-state index contributed by atoms with van der Waals surface area (Å²) in [4.78, 5) is 0. The monoisotopic (exact) mass is 240 g/mol. The van der Waals surface area contributed by atoms with Crippen molar-refractivity contribution < 1.29 is 13.2 Å². The molecule has 1 aromatic carbocycles. The van der Waals surface area contributed by atoms with E-state index in [4.69, 9.17) is 11.6 Å². The zero-order chi connectivity index (χ0) is 10.6. The Morgan fingerprint density at radius 2 is 1.86 bits per heavy atom. The number of benzene rings is 1. The summed E-state index contributed by atoms with van der Waals surface area (Å²) in [5.74, 6) is 0.00718. The number of alkyl halides is 3. The van der Waals surface area contributed by atoms with E-state index < -0.39 is 5.51 Å². The molecule has 0 nitrogen and oxygen atoms in total. The highest BCUT2D eigenvalue weighted by Crippen LogP contribution is 2.31. The zero-order valence-electron chi connectivity index (χ0n) is 7.14. The van der Waals surface area contributed by atoms with Gasteiger partial charge in [-0.2, -0.15) is 13.2 Å². The van der Waals surface area contributed by atoms with Crippen LogP contribution in [0.1, 0.15) is 5.56 Å². The molecule has 0 saturated heterocycles. The first-order valence-electron chi connectivity index (χ1n) is 3.93. The fourth-order valence-corrected chi connectivity index (χ4v) is 1.76. The summed E-state index contributed by atoms with van der Waals surface area (Å²) in [5.41, 5.74) is -3.40. The van der Waals surface area contributed by atoms with Crippen LogP contribution in [-0.4, -0.2) is 11.3 Å². The van der Waals surface area contributed by atoms with Gasteiger partial charge in [0.15, 0.2) is 0 Å². The van der Waals surface area contributed by atoms with Crippen LogP contribution in [0.4, 0.5) is 13.2 Å². The van der Waals surface area contributed by atoms with Crippen molar-refractivity contribution in [3.05, 3.63) is 34.9 Å². The molecule has 0 atom stereocenters. The van der Waals surface area contributed by atoms with Gasteiger partial charge in [0.2, 0.25) is 0 Å².